The minimum Gasteiger partial charge on any atom is -0.507 e. The highest BCUT2D eigenvalue weighted by atomic mass is 35.5. The molecule has 3 aromatic carbocycles. The first-order valence-electron chi connectivity index (χ1n) is 12.2. The van der Waals surface area contributed by atoms with E-state index < -0.39 is 17.7 Å². The topological polar surface area (TPSA) is 66.8 Å². The van der Waals surface area contributed by atoms with Crippen LogP contribution in [0.15, 0.2) is 66.2 Å². The van der Waals surface area contributed by atoms with Crippen LogP contribution in [0.5, 0.6) is 5.75 Å². The summed E-state index contributed by atoms with van der Waals surface area (Å²) < 4.78 is 5.43. The Morgan fingerprint density at radius 2 is 1.68 bits per heavy atom. The number of likely N-dealkylation sites (tertiary alicyclic amines) is 1. The predicted octanol–water partition coefficient (Wildman–Crippen LogP) is 6.88. The highest BCUT2D eigenvalue weighted by Gasteiger charge is 2.46. The first-order valence-corrected chi connectivity index (χ1v) is 12.6. The van der Waals surface area contributed by atoms with E-state index in [0.717, 1.165) is 27.8 Å². The van der Waals surface area contributed by atoms with E-state index in [4.69, 9.17) is 16.3 Å². The lowest BCUT2D eigenvalue weighted by molar-refractivity contribution is -0.140. The zero-order valence-electron chi connectivity index (χ0n) is 22.1. The van der Waals surface area contributed by atoms with Crippen LogP contribution in [0.3, 0.4) is 0 Å². The Kier molecular flexibility index (Phi) is 7.20. The average Bonchev–Trinajstić information content (AvgIpc) is 3.10. The minimum atomic E-state index is -0.780. The lowest BCUT2D eigenvalue weighted by Gasteiger charge is -2.27. The summed E-state index contributed by atoms with van der Waals surface area (Å²) >= 11 is 6.22. The number of methoxy groups -OCH3 is 1. The van der Waals surface area contributed by atoms with E-state index in [2.05, 4.69) is 20.8 Å². The Bertz CT molecular complexity index is 1400. The van der Waals surface area contributed by atoms with Gasteiger partial charge in [-0.2, -0.15) is 0 Å². The molecule has 1 aliphatic heterocycles. The van der Waals surface area contributed by atoms with Crippen molar-refractivity contribution in [1.82, 2.24) is 4.90 Å². The van der Waals surface area contributed by atoms with Crippen LogP contribution >= 0.6 is 11.6 Å². The van der Waals surface area contributed by atoms with Crippen molar-refractivity contribution < 1.29 is 19.4 Å². The van der Waals surface area contributed by atoms with Crippen molar-refractivity contribution >= 4 is 29.1 Å². The van der Waals surface area contributed by atoms with Crippen molar-refractivity contribution in [2.24, 2.45) is 0 Å². The molecule has 3 aromatic rings. The number of carbonyl (C=O) groups is 2. The zero-order chi connectivity index (χ0) is 27.1. The third-order valence-electron chi connectivity index (χ3n) is 6.89. The minimum absolute atomic E-state index is 0.0133. The molecule has 1 unspecified atom stereocenters. The van der Waals surface area contributed by atoms with Gasteiger partial charge in [-0.1, -0.05) is 80.4 Å². The summed E-state index contributed by atoms with van der Waals surface area (Å²) in [5.74, 6) is -1.36. The molecule has 1 amide bonds. The lowest BCUT2D eigenvalue weighted by atomic mass is 9.85. The molecular formula is C31H32ClNO4. The fraction of sp³-hybridized carbons (Fsp3) is 0.290. The number of hydrogen-bond donors (Lipinski definition) is 1. The van der Waals surface area contributed by atoms with Crippen molar-refractivity contribution in [3.05, 3.63) is 105 Å². The molecule has 0 bridgehead atoms. The number of ketones is 1. The molecule has 5 nitrogen and oxygen atoms in total. The molecule has 0 aliphatic carbocycles. The van der Waals surface area contributed by atoms with E-state index in [1.807, 2.05) is 56.3 Å². The predicted molar refractivity (Wildman–Crippen MR) is 147 cm³/mol. The van der Waals surface area contributed by atoms with Gasteiger partial charge in [0.15, 0.2) is 0 Å². The Morgan fingerprint density at radius 3 is 2.30 bits per heavy atom. The lowest BCUT2D eigenvalue weighted by Crippen LogP contribution is -2.29. The fourth-order valence-electron chi connectivity index (χ4n) is 4.72. The molecule has 1 aliphatic rings. The number of carbonyl (C=O) groups excluding carboxylic acids is 2. The number of hydrogen-bond acceptors (Lipinski definition) is 4. The SMILES string of the molecule is COc1ccc(Cl)cc1/C(O)=C1\C(=O)C(=O)N(Cc2cc(C)ccc2C)C1c1ccc(C(C)(C)C)cc1. The van der Waals surface area contributed by atoms with Crippen LogP contribution in [0.25, 0.3) is 5.76 Å². The van der Waals surface area contributed by atoms with Gasteiger partial charge in [-0.25, -0.2) is 0 Å². The molecule has 4 rings (SSSR count). The third-order valence-corrected chi connectivity index (χ3v) is 7.13. The smallest absolute Gasteiger partial charge is 0.295 e. The molecule has 0 aromatic heterocycles. The number of halogens is 1. The van der Waals surface area contributed by atoms with Crippen molar-refractivity contribution in [3.8, 4) is 5.75 Å². The fourth-order valence-corrected chi connectivity index (χ4v) is 4.89. The molecule has 1 atom stereocenters. The number of aliphatic hydroxyl groups excluding tert-OH is 1. The van der Waals surface area contributed by atoms with Gasteiger partial charge in [-0.3, -0.25) is 9.59 Å². The zero-order valence-corrected chi connectivity index (χ0v) is 22.8. The number of rotatable bonds is 5. The summed E-state index contributed by atoms with van der Waals surface area (Å²) in [6, 6.07) is 17.9. The van der Waals surface area contributed by atoms with Gasteiger partial charge in [-0.15, -0.1) is 0 Å². The number of nitrogens with zero attached hydrogens (tertiary/aromatic N) is 1. The quantitative estimate of drug-likeness (QED) is 0.227. The molecular weight excluding hydrogens is 486 g/mol. The summed E-state index contributed by atoms with van der Waals surface area (Å²) in [5.41, 5.74) is 5.10. The van der Waals surface area contributed by atoms with Crippen molar-refractivity contribution in [3.63, 3.8) is 0 Å². The largest absolute Gasteiger partial charge is 0.507 e. The van der Waals surface area contributed by atoms with Gasteiger partial charge in [0.25, 0.3) is 11.7 Å². The number of amides is 1. The number of ether oxygens (including phenoxy) is 1. The van der Waals surface area contributed by atoms with Crippen LogP contribution in [0.1, 0.15) is 60.2 Å². The van der Waals surface area contributed by atoms with E-state index in [9.17, 15) is 14.7 Å². The highest BCUT2D eigenvalue weighted by Crippen LogP contribution is 2.42. The first kappa shape index (κ1) is 26.5. The standard InChI is InChI=1S/C31H32ClNO4/c1-18-7-8-19(2)21(15-18)17-33-27(20-9-11-22(12-10-20)31(3,4)5)26(29(35)30(33)36)28(34)24-16-23(32)13-14-25(24)37-6/h7-16,27,34H,17H2,1-6H3/b28-26+. The van der Waals surface area contributed by atoms with E-state index in [-0.39, 0.29) is 28.9 Å². The molecule has 1 saturated heterocycles. The van der Waals surface area contributed by atoms with Gasteiger partial charge < -0.3 is 14.7 Å². The normalized spacial score (nSPS) is 17.4. The van der Waals surface area contributed by atoms with Gasteiger partial charge >= 0.3 is 0 Å². The van der Waals surface area contributed by atoms with Crippen LogP contribution < -0.4 is 4.74 Å². The Labute approximate surface area is 223 Å². The highest BCUT2D eigenvalue weighted by molar-refractivity contribution is 6.46. The molecule has 0 radical (unpaired) electrons. The second kappa shape index (κ2) is 10.1. The van der Waals surface area contributed by atoms with Gasteiger partial charge in [-0.05, 0) is 59.7 Å². The number of aliphatic hydroxyl groups is 1. The summed E-state index contributed by atoms with van der Waals surface area (Å²) in [5, 5.41) is 11.9. The van der Waals surface area contributed by atoms with E-state index in [0.29, 0.717) is 10.8 Å². The van der Waals surface area contributed by atoms with Crippen LogP contribution in [0.4, 0.5) is 0 Å². The van der Waals surface area contributed by atoms with Crippen LogP contribution in [0, 0.1) is 13.8 Å². The van der Waals surface area contributed by atoms with Gasteiger partial charge in [0.05, 0.1) is 24.3 Å². The number of Topliss-reactive ketones (excluding diaryl/α,β-unsaturated/α-hetero) is 1. The molecule has 6 heteroatoms. The summed E-state index contributed by atoms with van der Waals surface area (Å²) in [6.45, 7) is 10.6. The number of benzene rings is 3. The second-order valence-corrected chi connectivity index (χ2v) is 11.0. The van der Waals surface area contributed by atoms with Crippen LogP contribution in [0.2, 0.25) is 5.02 Å². The molecule has 1 N–H and O–H groups in total. The molecule has 1 heterocycles. The number of aryl methyl sites for hydroxylation is 2. The Balaban J connectivity index is 1.92. The third kappa shape index (κ3) is 5.14. The van der Waals surface area contributed by atoms with E-state index in [1.54, 1.807) is 17.0 Å². The van der Waals surface area contributed by atoms with Gasteiger partial charge in [0.1, 0.15) is 11.5 Å². The monoisotopic (exact) mass is 517 g/mol. The van der Waals surface area contributed by atoms with Crippen molar-refractivity contribution in [2.45, 2.75) is 52.6 Å². The van der Waals surface area contributed by atoms with Crippen molar-refractivity contribution in [1.29, 1.82) is 0 Å². The average molecular weight is 518 g/mol. The molecule has 1 fully saturated rings. The molecule has 0 saturated carbocycles. The Morgan fingerprint density at radius 1 is 1.00 bits per heavy atom. The maximum Gasteiger partial charge on any atom is 0.295 e. The van der Waals surface area contributed by atoms with E-state index >= 15 is 0 Å². The molecule has 192 valence electrons. The molecule has 0 spiro atoms. The second-order valence-electron chi connectivity index (χ2n) is 10.6. The van der Waals surface area contributed by atoms with Crippen LogP contribution in [-0.2, 0) is 21.5 Å². The maximum atomic E-state index is 13.5. The van der Waals surface area contributed by atoms with E-state index in [1.165, 1.54) is 13.2 Å². The summed E-state index contributed by atoms with van der Waals surface area (Å²) in [4.78, 5) is 28.5. The van der Waals surface area contributed by atoms with Crippen LogP contribution in [-0.4, -0.2) is 28.8 Å². The molecule has 37 heavy (non-hydrogen) atoms. The maximum absolute atomic E-state index is 13.5. The van der Waals surface area contributed by atoms with Gasteiger partial charge in [0, 0.05) is 11.6 Å². The first-order chi connectivity index (χ1) is 17.4. The Hall–Kier alpha value is -3.57. The summed E-state index contributed by atoms with van der Waals surface area (Å²) in [7, 11) is 1.47. The van der Waals surface area contributed by atoms with Gasteiger partial charge in [0.2, 0.25) is 0 Å². The van der Waals surface area contributed by atoms with Crippen molar-refractivity contribution in [2.75, 3.05) is 7.11 Å². The summed E-state index contributed by atoms with van der Waals surface area (Å²) in [6.07, 6.45) is 0.